The van der Waals surface area contributed by atoms with Gasteiger partial charge in [0.15, 0.2) is 5.82 Å². The van der Waals surface area contributed by atoms with Gasteiger partial charge < -0.3 is 20.1 Å². The number of anilines is 2. The van der Waals surface area contributed by atoms with Crippen molar-refractivity contribution in [3.63, 3.8) is 0 Å². The summed E-state index contributed by atoms with van der Waals surface area (Å²) in [5.41, 5.74) is 1.28. The summed E-state index contributed by atoms with van der Waals surface area (Å²) in [7, 11) is 1.65. The number of rotatable bonds is 5. The fourth-order valence-corrected chi connectivity index (χ4v) is 3.02. The maximum absolute atomic E-state index is 12.3. The standard InChI is InChI=1S/C18H23N5O3/c1-12-19-16(22-26-12)11-23(2)18(25)21-15-9-5-8-14(10-15)20-17(24)13-6-3-4-7-13/h5,8-10,13H,3-4,6-7,11H2,1-2H3,(H,20,24)(H,21,25). The molecule has 1 fully saturated rings. The Morgan fingerprint density at radius 1 is 1.23 bits per heavy atom. The van der Waals surface area contributed by atoms with Crippen molar-refractivity contribution in [1.82, 2.24) is 15.0 Å². The molecule has 3 amide bonds. The third kappa shape index (κ3) is 4.59. The third-order valence-electron chi connectivity index (χ3n) is 4.40. The Bertz CT molecular complexity index is 783. The van der Waals surface area contributed by atoms with E-state index in [0.29, 0.717) is 23.1 Å². The summed E-state index contributed by atoms with van der Waals surface area (Å²) in [5, 5.41) is 9.51. The summed E-state index contributed by atoms with van der Waals surface area (Å²) in [4.78, 5) is 30.1. The lowest BCUT2D eigenvalue weighted by atomic mass is 10.1. The first kappa shape index (κ1) is 17.9. The van der Waals surface area contributed by atoms with Crippen molar-refractivity contribution < 1.29 is 14.1 Å². The summed E-state index contributed by atoms with van der Waals surface area (Å²) in [6.07, 6.45) is 4.12. The molecule has 0 aliphatic heterocycles. The minimum absolute atomic E-state index is 0.0515. The van der Waals surface area contributed by atoms with Crippen molar-refractivity contribution >= 4 is 23.3 Å². The molecule has 138 valence electrons. The van der Waals surface area contributed by atoms with E-state index in [9.17, 15) is 9.59 Å². The number of aryl methyl sites for hydroxylation is 1. The molecule has 0 saturated heterocycles. The molecule has 0 radical (unpaired) electrons. The maximum Gasteiger partial charge on any atom is 0.321 e. The van der Waals surface area contributed by atoms with E-state index in [1.54, 1.807) is 32.2 Å². The third-order valence-corrected chi connectivity index (χ3v) is 4.40. The molecule has 26 heavy (non-hydrogen) atoms. The smallest absolute Gasteiger partial charge is 0.321 e. The molecule has 0 unspecified atom stereocenters. The van der Waals surface area contributed by atoms with Gasteiger partial charge in [-0.1, -0.05) is 24.1 Å². The van der Waals surface area contributed by atoms with E-state index in [1.165, 1.54) is 4.90 Å². The van der Waals surface area contributed by atoms with Gasteiger partial charge in [0.1, 0.15) is 0 Å². The van der Waals surface area contributed by atoms with Crippen molar-refractivity contribution in [3.8, 4) is 0 Å². The SMILES string of the molecule is Cc1nc(CN(C)C(=O)Nc2cccc(NC(=O)C3CCCC3)c2)no1. The first-order valence-electron chi connectivity index (χ1n) is 8.73. The number of nitrogens with zero attached hydrogens (tertiary/aromatic N) is 3. The number of hydrogen-bond acceptors (Lipinski definition) is 5. The highest BCUT2D eigenvalue weighted by Crippen LogP contribution is 2.26. The van der Waals surface area contributed by atoms with Gasteiger partial charge in [-0.25, -0.2) is 4.79 Å². The largest absolute Gasteiger partial charge is 0.340 e. The van der Waals surface area contributed by atoms with Crippen LogP contribution in [0.3, 0.4) is 0 Å². The van der Waals surface area contributed by atoms with Crippen LogP contribution in [-0.4, -0.2) is 34.0 Å². The summed E-state index contributed by atoms with van der Waals surface area (Å²) >= 11 is 0. The van der Waals surface area contributed by atoms with Crippen LogP contribution in [0.4, 0.5) is 16.2 Å². The Morgan fingerprint density at radius 3 is 2.58 bits per heavy atom. The minimum Gasteiger partial charge on any atom is -0.340 e. The second-order valence-electron chi connectivity index (χ2n) is 6.57. The number of benzene rings is 1. The number of nitrogens with one attached hydrogen (secondary N) is 2. The number of amides is 3. The molecular weight excluding hydrogens is 334 g/mol. The molecule has 2 N–H and O–H groups in total. The fourth-order valence-electron chi connectivity index (χ4n) is 3.02. The van der Waals surface area contributed by atoms with E-state index in [0.717, 1.165) is 25.7 Å². The lowest BCUT2D eigenvalue weighted by Gasteiger charge is -2.17. The molecule has 1 heterocycles. The molecule has 8 heteroatoms. The molecule has 2 aromatic rings. The zero-order chi connectivity index (χ0) is 18.5. The van der Waals surface area contributed by atoms with Gasteiger partial charge in [0.05, 0.1) is 6.54 Å². The van der Waals surface area contributed by atoms with Gasteiger partial charge in [-0.3, -0.25) is 4.79 Å². The van der Waals surface area contributed by atoms with Crippen molar-refractivity contribution in [2.24, 2.45) is 5.92 Å². The van der Waals surface area contributed by atoms with Crippen LogP contribution in [0.1, 0.15) is 37.4 Å². The quantitative estimate of drug-likeness (QED) is 0.856. The average molecular weight is 357 g/mol. The first-order valence-corrected chi connectivity index (χ1v) is 8.73. The van der Waals surface area contributed by atoms with E-state index < -0.39 is 0 Å². The van der Waals surface area contributed by atoms with Crippen LogP contribution in [0.2, 0.25) is 0 Å². The Hall–Kier alpha value is -2.90. The Labute approximate surface area is 151 Å². The van der Waals surface area contributed by atoms with E-state index in [-0.39, 0.29) is 24.4 Å². The van der Waals surface area contributed by atoms with Crippen LogP contribution in [0.25, 0.3) is 0 Å². The van der Waals surface area contributed by atoms with Crippen molar-refractivity contribution in [1.29, 1.82) is 0 Å². The highest BCUT2D eigenvalue weighted by atomic mass is 16.5. The molecule has 0 spiro atoms. The molecule has 3 rings (SSSR count). The lowest BCUT2D eigenvalue weighted by molar-refractivity contribution is -0.119. The van der Waals surface area contributed by atoms with Gasteiger partial charge in [0.2, 0.25) is 11.8 Å². The Morgan fingerprint density at radius 2 is 1.92 bits per heavy atom. The van der Waals surface area contributed by atoms with Crippen LogP contribution in [0.15, 0.2) is 28.8 Å². The zero-order valence-corrected chi connectivity index (χ0v) is 15.0. The summed E-state index contributed by atoms with van der Waals surface area (Å²) in [5.74, 6) is 1.05. The van der Waals surface area contributed by atoms with Crippen LogP contribution < -0.4 is 10.6 Å². The second kappa shape index (κ2) is 7.99. The van der Waals surface area contributed by atoms with Gasteiger partial charge in [-0.2, -0.15) is 4.98 Å². The molecule has 0 bridgehead atoms. The Balaban J connectivity index is 1.57. The second-order valence-corrected chi connectivity index (χ2v) is 6.57. The molecule has 1 saturated carbocycles. The fraction of sp³-hybridized carbons (Fsp3) is 0.444. The summed E-state index contributed by atoms with van der Waals surface area (Å²) in [6.45, 7) is 1.93. The lowest BCUT2D eigenvalue weighted by Crippen LogP contribution is -2.31. The molecule has 1 aliphatic carbocycles. The van der Waals surface area contributed by atoms with Gasteiger partial charge in [0, 0.05) is 31.3 Å². The highest BCUT2D eigenvalue weighted by molar-refractivity contribution is 5.94. The van der Waals surface area contributed by atoms with Crippen molar-refractivity contribution in [3.05, 3.63) is 36.0 Å². The Kier molecular flexibility index (Phi) is 5.50. The number of carbonyl (C=O) groups is 2. The molecule has 1 aliphatic rings. The van der Waals surface area contributed by atoms with Crippen LogP contribution in [0.5, 0.6) is 0 Å². The number of aromatic nitrogens is 2. The monoisotopic (exact) mass is 357 g/mol. The normalized spacial score (nSPS) is 14.2. The van der Waals surface area contributed by atoms with Crippen LogP contribution in [-0.2, 0) is 11.3 Å². The molecule has 8 nitrogen and oxygen atoms in total. The number of urea groups is 1. The summed E-state index contributed by atoms with van der Waals surface area (Å²) in [6, 6.07) is 6.83. The van der Waals surface area contributed by atoms with Crippen LogP contribution >= 0.6 is 0 Å². The number of hydrogen-bond donors (Lipinski definition) is 2. The minimum atomic E-state index is -0.299. The molecule has 1 aromatic carbocycles. The van der Waals surface area contributed by atoms with E-state index in [2.05, 4.69) is 20.8 Å². The van der Waals surface area contributed by atoms with Crippen molar-refractivity contribution in [2.45, 2.75) is 39.2 Å². The van der Waals surface area contributed by atoms with Gasteiger partial charge in [-0.15, -0.1) is 0 Å². The van der Waals surface area contributed by atoms with E-state index in [1.807, 2.05) is 6.07 Å². The molecular formula is C18H23N5O3. The predicted molar refractivity (Wildman–Crippen MR) is 96.6 cm³/mol. The first-order chi connectivity index (χ1) is 12.5. The van der Waals surface area contributed by atoms with Gasteiger partial charge in [0.25, 0.3) is 0 Å². The summed E-state index contributed by atoms with van der Waals surface area (Å²) < 4.78 is 4.90. The number of carbonyl (C=O) groups excluding carboxylic acids is 2. The van der Waals surface area contributed by atoms with Gasteiger partial charge >= 0.3 is 6.03 Å². The molecule has 1 aromatic heterocycles. The molecule has 0 atom stereocenters. The maximum atomic E-state index is 12.3. The van der Waals surface area contributed by atoms with E-state index in [4.69, 9.17) is 4.52 Å². The van der Waals surface area contributed by atoms with Crippen LogP contribution in [0, 0.1) is 12.8 Å². The zero-order valence-electron chi connectivity index (χ0n) is 15.0. The topological polar surface area (TPSA) is 100 Å². The van der Waals surface area contributed by atoms with Crippen molar-refractivity contribution in [2.75, 3.05) is 17.7 Å². The highest BCUT2D eigenvalue weighted by Gasteiger charge is 2.22. The predicted octanol–water partition coefficient (Wildman–Crippen LogP) is 3.17. The van der Waals surface area contributed by atoms with E-state index >= 15 is 0 Å². The average Bonchev–Trinajstić information content (AvgIpc) is 3.27. The van der Waals surface area contributed by atoms with Gasteiger partial charge in [-0.05, 0) is 31.0 Å².